The van der Waals surface area contributed by atoms with E-state index in [1.54, 1.807) is 12.1 Å². The van der Waals surface area contributed by atoms with E-state index in [1.165, 1.54) is 0 Å². The van der Waals surface area contributed by atoms with Gasteiger partial charge in [-0.3, -0.25) is 4.55 Å². The topological polar surface area (TPSA) is 54.4 Å². The fourth-order valence-corrected chi connectivity index (χ4v) is 4.78. The zero-order valence-corrected chi connectivity index (χ0v) is 11.3. The summed E-state index contributed by atoms with van der Waals surface area (Å²) in [4.78, 5) is 0. The molecule has 88 valence electrons. The zero-order valence-electron chi connectivity index (χ0n) is 9.08. The summed E-state index contributed by atoms with van der Waals surface area (Å²) < 4.78 is 31.0. The van der Waals surface area contributed by atoms with Crippen molar-refractivity contribution in [3.63, 3.8) is 0 Å². The molecule has 2 aromatic rings. The third-order valence-corrected chi connectivity index (χ3v) is 5.76. The monoisotopic (exact) mass is 264 g/mol. The van der Waals surface area contributed by atoms with Gasteiger partial charge in [-0.05, 0) is 16.3 Å². The Kier molecular flexibility index (Phi) is 3.42. The first-order valence-electron chi connectivity index (χ1n) is 5.15. The van der Waals surface area contributed by atoms with Crippen LogP contribution in [0.3, 0.4) is 0 Å². The van der Waals surface area contributed by atoms with Gasteiger partial charge in [0.15, 0.2) is 0 Å². The van der Waals surface area contributed by atoms with Gasteiger partial charge in [0.1, 0.15) is 0 Å². The molecular weight excluding hydrogens is 252 g/mol. The van der Waals surface area contributed by atoms with Crippen molar-refractivity contribution in [3.05, 3.63) is 54.6 Å². The van der Waals surface area contributed by atoms with Gasteiger partial charge in [-0.15, -0.1) is 0 Å². The van der Waals surface area contributed by atoms with Gasteiger partial charge in [-0.25, -0.2) is 8.42 Å². The minimum atomic E-state index is -3.87. The van der Waals surface area contributed by atoms with E-state index in [9.17, 15) is 8.42 Å². The summed E-state index contributed by atoms with van der Waals surface area (Å²) in [6, 6.07) is 16.9. The molecule has 0 fully saturated rings. The minimum Gasteiger partial charge on any atom is -0.292 e. The Labute approximate surface area is 102 Å². The lowest BCUT2D eigenvalue weighted by Crippen LogP contribution is -2.24. The molecule has 0 aliphatic carbocycles. The van der Waals surface area contributed by atoms with Crippen molar-refractivity contribution in [3.8, 4) is 11.1 Å². The predicted octanol–water partition coefficient (Wildman–Crippen LogP) is 0.950. The summed E-state index contributed by atoms with van der Waals surface area (Å²) in [5.41, 5.74) is 1.86. The summed E-state index contributed by atoms with van der Waals surface area (Å²) in [6.45, 7) is 0. The summed E-state index contributed by atoms with van der Waals surface area (Å²) in [6.07, 6.45) is 0. The molecule has 0 aliphatic rings. The van der Waals surface area contributed by atoms with Crippen molar-refractivity contribution in [2.24, 2.45) is 0 Å². The molecule has 0 heterocycles. The van der Waals surface area contributed by atoms with Crippen molar-refractivity contribution in [1.82, 2.24) is 0 Å². The van der Waals surface area contributed by atoms with Gasteiger partial charge in [-0.2, -0.15) is 0 Å². The summed E-state index contributed by atoms with van der Waals surface area (Å²) in [5.74, 6) is 0. The van der Waals surface area contributed by atoms with E-state index in [-0.39, 0.29) is 0 Å². The van der Waals surface area contributed by atoms with Crippen molar-refractivity contribution in [2.75, 3.05) is 0 Å². The van der Waals surface area contributed by atoms with Crippen LogP contribution in [0.25, 0.3) is 11.1 Å². The molecule has 0 atom stereocenters. The maximum atomic E-state index is 11.0. The standard InChI is InChI=1S/C12H12O3SSi/c13-16(14,15)17-12-9-5-4-8-11(12)10-6-2-1-3-7-10/h1-9H,17H2,(H,13,14,15). The normalized spacial score (nSPS) is 12.1. The molecule has 2 aromatic carbocycles. The molecule has 0 amide bonds. The fraction of sp³-hybridized carbons (Fsp3) is 0. The second-order valence-corrected chi connectivity index (χ2v) is 9.02. The average molecular weight is 264 g/mol. The van der Waals surface area contributed by atoms with Crippen LogP contribution in [0.2, 0.25) is 0 Å². The Morgan fingerprint density at radius 2 is 1.47 bits per heavy atom. The van der Waals surface area contributed by atoms with E-state index in [0.717, 1.165) is 16.3 Å². The second kappa shape index (κ2) is 4.83. The van der Waals surface area contributed by atoms with Gasteiger partial charge in [-0.1, -0.05) is 54.6 Å². The van der Waals surface area contributed by atoms with Crippen LogP contribution in [-0.2, 0) is 9.57 Å². The van der Waals surface area contributed by atoms with Crippen molar-refractivity contribution in [1.29, 1.82) is 0 Å². The smallest absolute Gasteiger partial charge is 0.230 e. The lowest BCUT2D eigenvalue weighted by molar-refractivity contribution is 0.501. The van der Waals surface area contributed by atoms with Crippen LogP contribution >= 0.6 is 0 Å². The van der Waals surface area contributed by atoms with Gasteiger partial charge in [0.25, 0.3) is 0 Å². The Balaban J connectivity index is 2.49. The Hall–Kier alpha value is -1.43. The number of benzene rings is 2. The third kappa shape index (κ3) is 3.26. The Morgan fingerprint density at radius 1 is 0.882 bits per heavy atom. The molecule has 0 bridgehead atoms. The molecule has 0 saturated carbocycles. The first kappa shape index (κ1) is 12.0. The average Bonchev–Trinajstić information content (AvgIpc) is 2.29. The molecule has 1 N–H and O–H groups in total. The largest absolute Gasteiger partial charge is 0.292 e. The predicted molar refractivity (Wildman–Crippen MR) is 71.6 cm³/mol. The quantitative estimate of drug-likeness (QED) is 0.663. The van der Waals surface area contributed by atoms with Crippen LogP contribution in [0, 0.1) is 0 Å². The van der Waals surface area contributed by atoms with Crippen LogP contribution in [0.5, 0.6) is 0 Å². The van der Waals surface area contributed by atoms with Crippen molar-refractivity contribution < 1.29 is 13.0 Å². The van der Waals surface area contributed by atoms with Crippen LogP contribution in [0.1, 0.15) is 0 Å². The first-order valence-corrected chi connectivity index (χ1v) is 9.19. The molecule has 0 spiro atoms. The SMILES string of the molecule is O=S(=O)(O)[SiH2]c1ccccc1-c1ccccc1. The van der Waals surface area contributed by atoms with Gasteiger partial charge in [0.2, 0.25) is 18.2 Å². The molecule has 2 rings (SSSR count). The Morgan fingerprint density at radius 3 is 2.12 bits per heavy atom. The third-order valence-electron chi connectivity index (χ3n) is 2.44. The maximum Gasteiger partial charge on any atom is 0.230 e. The van der Waals surface area contributed by atoms with E-state index in [4.69, 9.17) is 4.55 Å². The highest BCUT2D eigenvalue weighted by Crippen LogP contribution is 2.16. The van der Waals surface area contributed by atoms with Crippen LogP contribution in [-0.4, -0.2) is 21.6 Å². The minimum absolute atomic E-state index is 0.737. The summed E-state index contributed by atoms with van der Waals surface area (Å²) in [7, 11) is -5.59. The van der Waals surface area contributed by atoms with E-state index < -0.39 is 18.2 Å². The number of hydrogen-bond acceptors (Lipinski definition) is 2. The van der Waals surface area contributed by atoms with Gasteiger partial charge >= 0.3 is 0 Å². The Bertz CT molecular complexity index is 609. The second-order valence-electron chi connectivity index (χ2n) is 3.75. The molecule has 0 unspecified atom stereocenters. The molecule has 17 heavy (non-hydrogen) atoms. The van der Waals surface area contributed by atoms with Crippen LogP contribution < -0.4 is 5.19 Å². The lowest BCUT2D eigenvalue weighted by Gasteiger charge is -2.07. The van der Waals surface area contributed by atoms with Crippen LogP contribution in [0.4, 0.5) is 0 Å². The molecular formula is C12H12O3SSi. The van der Waals surface area contributed by atoms with Crippen LogP contribution in [0.15, 0.2) is 54.6 Å². The van der Waals surface area contributed by atoms with E-state index in [1.807, 2.05) is 42.5 Å². The summed E-state index contributed by atoms with van der Waals surface area (Å²) in [5, 5.41) is 0.737. The molecule has 3 nitrogen and oxygen atoms in total. The van der Waals surface area contributed by atoms with Gasteiger partial charge in [0.05, 0.1) is 0 Å². The molecule has 5 heteroatoms. The summed E-state index contributed by atoms with van der Waals surface area (Å²) >= 11 is 0. The molecule has 0 radical (unpaired) electrons. The van der Waals surface area contributed by atoms with E-state index in [2.05, 4.69) is 0 Å². The number of hydrogen-bond donors (Lipinski definition) is 1. The molecule has 0 aliphatic heterocycles. The lowest BCUT2D eigenvalue weighted by atomic mass is 10.1. The van der Waals surface area contributed by atoms with E-state index in [0.29, 0.717) is 0 Å². The fourth-order valence-electron chi connectivity index (χ4n) is 1.74. The van der Waals surface area contributed by atoms with Gasteiger partial charge in [0, 0.05) is 0 Å². The highest BCUT2D eigenvalue weighted by Gasteiger charge is 2.12. The maximum absolute atomic E-state index is 11.0. The first-order chi connectivity index (χ1) is 8.06. The molecule has 0 saturated heterocycles. The van der Waals surface area contributed by atoms with Crippen molar-refractivity contribution >= 4 is 23.4 Å². The zero-order chi connectivity index (χ0) is 12.3. The highest BCUT2D eigenvalue weighted by atomic mass is 32.4. The molecule has 0 aromatic heterocycles. The highest BCUT2D eigenvalue weighted by molar-refractivity contribution is 8.12. The van der Waals surface area contributed by atoms with Gasteiger partial charge < -0.3 is 0 Å². The number of rotatable bonds is 3. The van der Waals surface area contributed by atoms with Crippen molar-refractivity contribution in [2.45, 2.75) is 0 Å². The van der Waals surface area contributed by atoms with E-state index >= 15 is 0 Å².